The smallest absolute Gasteiger partial charge is 0.221 e. The zero-order chi connectivity index (χ0) is 14.3. The van der Waals surface area contributed by atoms with Gasteiger partial charge in [-0.05, 0) is 12.8 Å². The molecule has 5 N–H and O–H groups in total. The number of ether oxygens (including phenoxy) is 1. The van der Waals surface area contributed by atoms with Crippen molar-refractivity contribution >= 4 is 11.8 Å². The molecule has 6 heteroatoms. The highest BCUT2D eigenvalue weighted by molar-refractivity contribution is 5.41. The number of fused-ring (bicyclic) bond motifs is 1. The fourth-order valence-electron chi connectivity index (χ4n) is 3.73. The molecule has 2 fully saturated rings. The van der Waals surface area contributed by atoms with E-state index in [-0.39, 0.29) is 11.4 Å². The van der Waals surface area contributed by atoms with Gasteiger partial charge in [-0.2, -0.15) is 4.98 Å². The van der Waals surface area contributed by atoms with Crippen molar-refractivity contribution in [3.63, 3.8) is 0 Å². The lowest BCUT2D eigenvalue weighted by atomic mass is 9.55. The van der Waals surface area contributed by atoms with E-state index in [1.165, 1.54) is 6.42 Å². The second-order valence-electron chi connectivity index (χ2n) is 6.42. The van der Waals surface area contributed by atoms with E-state index in [4.69, 9.17) is 16.2 Å². The molecule has 2 heterocycles. The summed E-state index contributed by atoms with van der Waals surface area (Å²) in [7, 11) is 0. The molecule has 0 spiro atoms. The van der Waals surface area contributed by atoms with Crippen LogP contribution in [-0.4, -0.2) is 28.7 Å². The van der Waals surface area contributed by atoms with E-state index < -0.39 is 0 Å². The second kappa shape index (κ2) is 4.86. The molecule has 3 rings (SSSR count). The molecule has 1 aliphatic heterocycles. The fourth-order valence-corrected chi connectivity index (χ4v) is 3.73. The van der Waals surface area contributed by atoms with E-state index in [1.807, 2.05) is 0 Å². The molecule has 1 aromatic heterocycles. The van der Waals surface area contributed by atoms with E-state index in [1.54, 1.807) is 6.20 Å². The van der Waals surface area contributed by atoms with Gasteiger partial charge in [-0.1, -0.05) is 13.8 Å². The van der Waals surface area contributed by atoms with Gasteiger partial charge in [-0.3, -0.25) is 0 Å². The molecule has 3 atom stereocenters. The molecule has 110 valence electrons. The molecule has 1 saturated heterocycles. The molecule has 0 bridgehead atoms. The summed E-state index contributed by atoms with van der Waals surface area (Å²) in [6.07, 6.45) is 4.47. The van der Waals surface area contributed by atoms with Gasteiger partial charge in [0.25, 0.3) is 0 Å². The number of nitrogens with zero attached hydrogens (tertiary/aromatic N) is 2. The molecular formula is C14H23N5O. The maximum atomic E-state index is 5.91. The number of aromatic nitrogens is 2. The van der Waals surface area contributed by atoms with Gasteiger partial charge in [0.2, 0.25) is 5.95 Å². The highest BCUT2D eigenvalue weighted by Gasteiger charge is 2.57. The molecule has 2 aliphatic rings. The van der Waals surface area contributed by atoms with Crippen LogP contribution in [-0.2, 0) is 11.3 Å². The quantitative estimate of drug-likeness (QED) is 0.760. The molecule has 3 unspecified atom stereocenters. The maximum Gasteiger partial charge on any atom is 0.221 e. The van der Waals surface area contributed by atoms with Crippen molar-refractivity contribution in [2.75, 3.05) is 18.1 Å². The monoisotopic (exact) mass is 277 g/mol. The lowest BCUT2D eigenvalue weighted by Crippen LogP contribution is -2.69. The van der Waals surface area contributed by atoms with Crippen molar-refractivity contribution in [2.24, 2.45) is 11.3 Å². The van der Waals surface area contributed by atoms with Crippen LogP contribution < -0.4 is 16.8 Å². The molecule has 0 amide bonds. The normalized spacial score (nSPS) is 31.4. The number of nitrogens with two attached hydrogens (primary N) is 2. The lowest BCUT2D eigenvalue weighted by Gasteiger charge is -2.60. The Morgan fingerprint density at radius 1 is 1.45 bits per heavy atom. The highest BCUT2D eigenvalue weighted by Crippen LogP contribution is 2.51. The van der Waals surface area contributed by atoms with Gasteiger partial charge < -0.3 is 21.5 Å². The summed E-state index contributed by atoms with van der Waals surface area (Å²) in [6.45, 7) is 6.10. The first kappa shape index (κ1) is 13.6. The molecule has 0 aromatic carbocycles. The first-order chi connectivity index (χ1) is 9.50. The number of nitrogens with one attached hydrogen (secondary N) is 1. The summed E-state index contributed by atoms with van der Waals surface area (Å²) in [5, 5.41) is 3.60. The highest BCUT2D eigenvalue weighted by atomic mass is 16.5. The van der Waals surface area contributed by atoms with E-state index in [9.17, 15) is 0 Å². The van der Waals surface area contributed by atoms with Gasteiger partial charge in [-0.25, -0.2) is 4.98 Å². The zero-order valence-electron chi connectivity index (χ0n) is 12.1. The summed E-state index contributed by atoms with van der Waals surface area (Å²) in [5.41, 5.74) is 12.4. The topological polar surface area (TPSA) is 99.1 Å². The van der Waals surface area contributed by atoms with Gasteiger partial charge >= 0.3 is 0 Å². The molecule has 1 saturated carbocycles. The van der Waals surface area contributed by atoms with Gasteiger partial charge in [0.1, 0.15) is 5.82 Å². The number of hydrogen-bond donors (Lipinski definition) is 3. The van der Waals surface area contributed by atoms with Crippen LogP contribution in [0.2, 0.25) is 0 Å². The van der Waals surface area contributed by atoms with Crippen LogP contribution >= 0.6 is 0 Å². The van der Waals surface area contributed by atoms with Crippen LogP contribution in [0, 0.1) is 11.3 Å². The third-order valence-electron chi connectivity index (χ3n) is 4.76. The van der Waals surface area contributed by atoms with Crippen LogP contribution in [0.1, 0.15) is 32.3 Å². The van der Waals surface area contributed by atoms with Crippen molar-refractivity contribution in [1.29, 1.82) is 0 Å². The summed E-state index contributed by atoms with van der Waals surface area (Å²) in [5.74, 6) is 1.28. The molecule has 6 nitrogen and oxygen atoms in total. The predicted octanol–water partition coefficient (Wildman–Crippen LogP) is 0.934. The minimum atomic E-state index is 0.161. The second-order valence-corrected chi connectivity index (χ2v) is 6.42. The number of rotatable bonds is 3. The molecule has 1 aliphatic carbocycles. The van der Waals surface area contributed by atoms with Gasteiger partial charge in [0.05, 0.1) is 6.10 Å². The van der Waals surface area contributed by atoms with Crippen molar-refractivity contribution in [2.45, 2.75) is 45.4 Å². The Bertz CT molecular complexity index is 504. The van der Waals surface area contributed by atoms with Crippen LogP contribution in [0.4, 0.5) is 11.8 Å². The molecule has 20 heavy (non-hydrogen) atoms. The fraction of sp³-hybridized carbons (Fsp3) is 0.714. The number of anilines is 2. The van der Waals surface area contributed by atoms with Gasteiger partial charge in [0.15, 0.2) is 0 Å². The Labute approximate surface area is 119 Å². The van der Waals surface area contributed by atoms with E-state index in [0.717, 1.165) is 18.6 Å². The van der Waals surface area contributed by atoms with Crippen molar-refractivity contribution in [1.82, 2.24) is 15.3 Å². The number of nitrogen functional groups attached to an aromatic ring is 2. The third-order valence-corrected chi connectivity index (χ3v) is 4.76. The Morgan fingerprint density at radius 3 is 3.00 bits per heavy atom. The average Bonchev–Trinajstić information content (AvgIpc) is 2.41. The summed E-state index contributed by atoms with van der Waals surface area (Å²) >= 11 is 0. The predicted molar refractivity (Wildman–Crippen MR) is 77.7 cm³/mol. The standard InChI is InChI=1S/C14H23N5O/c1-14(2)10(9-4-3-5-20-11(9)14)17-6-8-7-18-13(16)19-12(8)15/h7,9-11,17H,3-6H2,1-2H3,(H4,15,16,18,19). The van der Waals surface area contributed by atoms with Crippen LogP contribution in [0.25, 0.3) is 0 Å². The minimum absolute atomic E-state index is 0.161. The third kappa shape index (κ3) is 2.13. The Balaban J connectivity index is 1.66. The van der Waals surface area contributed by atoms with Crippen LogP contribution in [0.5, 0.6) is 0 Å². The van der Waals surface area contributed by atoms with Crippen molar-refractivity contribution in [3.05, 3.63) is 11.8 Å². The minimum Gasteiger partial charge on any atom is -0.383 e. The Kier molecular flexibility index (Phi) is 3.30. The SMILES string of the molecule is CC1(C)C(NCc2cnc(N)nc2N)C2CCCOC21. The first-order valence-electron chi connectivity index (χ1n) is 7.22. The lowest BCUT2D eigenvalue weighted by molar-refractivity contribution is -0.192. The van der Waals surface area contributed by atoms with Gasteiger partial charge in [-0.15, -0.1) is 0 Å². The molecule has 0 radical (unpaired) electrons. The molecular weight excluding hydrogens is 254 g/mol. The van der Waals surface area contributed by atoms with Crippen LogP contribution in [0.3, 0.4) is 0 Å². The Hall–Kier alpha value is -1.40. The van der Waals surface area contributed by atoms with Gasteiger partial charge in [0, 0.05) is 42.3 Å². The van der Waals surface area contributed by atoms with E-state index >= 15 is 0 Å². The summed E-state index contributed by atoms with van der Waals surface area (Å²) in [4.78, 5) is 7.99. The average molecular weight is 277 g/mol. The summed E-state index contributed by atoms with van der Waals surface area (Å²) < 4.78 is 5.91. The van der Waals surface area contributed by atoms with Crippen LogP contribution in [0.15, 0.2) is 6.20 Å². The van der Waals surface area contributed by atoms with Crippen molar-refractivity contribution < 1.29 is 4.74 Å². The first-order valence-corrected chi connectivity index (χ1v) is 7.22. The largest absolute Gasteiger partial charge is 0.383 e. The van der Waals surface area contributed by atoms with E-state index in [2.05, 4.69) is 29.1 Å². The zero-order valence-corrected chi connectivity index (χ0v) is 12.1. The Morgan fingerprint density at radius 2 is 2.25 bits per heavy atom. The van der Waals surface area contributed by atoms with E-state index in [0.29, 0.717) is 30.4 Å². The number of hydrogen-bond acceptors (Lipinski definition) is 6. The van der Waals surface area contributed by atoms with Crippen molar-refractivity contribution in [3.8, 4) is 0 Å². The maximum absolute atomic E-state index is 5.91. The molecule has 1 aromatic rings. The summed E-state index contributed by atoms with van der Waals surface area (Å²) in [6, 6.07) is 0.449.